The van der Waals surface area contributed by atoms with Crippen molar-refractivity contribution in [2.24, 2.45) is 11.7 Å². The van der Waals surface area contributed by atoms with Crippen LogP contribution in [0.5, 0.6) is 0 Å². The van der Waals surface area contributed by atoms with Crippen LogP contribution in [0.2, 0.25) is 0 Å². The molecule has 1 aromatic rings. The van der Waals surface area contributed by atoms with Crippen molar-refractivity contribution in [1.29, 1.82) is 0 Å². The topological polar surface area (TPSA) is 58.4 Å². The molecule has 0 saturated heterocycles. The fourth-order valence-corrected chi connectivity index (χ4v) is 2.11. The highest BCUT2D eigenvalue weighted by Crippen LogP contribution is 2.09. The zero-order chi connectivity index (χ0) is 15.0. The molecule has 0 atom stereocenters. The number of hydrogen-bond donors (Lipinski definition) is 2. The molecule has 0 aliphatic rings. The number of nitrogens with zero attached hydrogens (tertiary/aromatic N) is 1. The number of benzene rings is 1. The maximum atomic E-state index is 12.1. The third-order valence-corrected chi connectivity index (χ3v) is 3.00. The highest BCUT2D eigenvalue weighted by molar-refractivity contribution is 5.92. The van der Waals surface area contributed by atoms with Crippen molar-refractivity contribution in [1.82, 2.24) is 4.90 Å². The standard InChI is InChI=1S/C16H27N3O/c1-13(2)11-19(10-4-9-17)12-16(20)18-15-7-5-14(3)6-8-15/h5-8,13H,4,9-12,17H2,1-3H3,(H,18,20). The first kappa shape index (κ1) is 16.7. The Morgan fingerprint density at radius 3 is 2.50 bits per heavy atom. The maximum absolute atomic E-state index is 12.1. The predicted molar refractivity (Wildman–Crippen MR) is 84.8 cm³/mol. The maximum Gasteiger partial charge on any atom is 0.238 e. The van der Waals surface area contributed by atoms with Crippen LogP contribution < -0.4 is 11.1 Å². The second-order valence-corrected chi connectivity index (χ2v) is 5.69. The van der Waals surface area contributed by atoms with Crippen molar-refractivity contribution in [2.75, 3.05) is 31.5 Å². The van der Waals surface area contributed by atoms with Gasteiger partial charge in [-0.1, -0.05) is 31.5 Å². The number of hydrogen-bond acceptors (Lipinski definition) is 3. The number of carbonyl (C=O) groups excluding carboxylic acids is 1. The lowest BCUT2D eigenvalue weighted by atomic mass is 10.2. The Bertz CT molecular complexity index is 401. The SMILES string of the molecule is Cc1ccc(NC(=O)CN(CCCN)CC(C)C)cc1. The molecule has 0 unspecified atom stereocenters. The van der Waals surface area contributed by atoms with E-state index in [0.717, 1.165) is 25.2 Å². The summed E-state index contributed by atoms with van der Waals surface area (Å²) in [5, 5.41) is 2.94. The third kappa shape index (κ3) is 6.68. The van der Waals surface area contributed by atoms with Gasteiger partial charge in [-0.15, -0.1) is 0 Å². The zero-order valence-electron chi connectivity index (χ0n) is 12.9. The van der Waals surface area contributed by atoms with Gasteiger partial charge in [-0.2, -0.15) is 0 Å². The molecule has 1 amide bonds. The lowest BCUT2D eigenvalue weighted by Crippen LogP contribution is -2.37. The molecule has 3 N–H and O–H groups in total. The van der Waals surface area contributed by atoms with E-state index in [1.807, 2.05) is 31.2 Å². The van der Waals surface area contributed by atoms with E-state index in [4.69, 9.17) is 5.73 Å². The Hall–Kier alpha value is -1.39. The summed E-state index contributed by atoms with van der Waals surface area (Å²) in [6, 6.07) is 7.85. The van der Waals surface area contributed by atoms with Gasteiger partial charge in [0.25, 0.3) is 0 Å². The molecule has 0 radical (unpaired) electrons. The number of aryl methyl sites for hydroxylation is 1. The lowest BCUT2D eigenvalue weighted by molar-refractivity contribution is -0.117. The van der Waals surface area contributed by atoms with Gasteiger partial charge in [-0.05, 0) is 44.5 Å². The van der Waals surface area contributed by atoms with E-state index < -0.39 is 0 Å². The van der Waals surface area contributed by atoms with Crippen molar-refractivity contribution in [3.05, 3.63) is 29.8 Å². The number of carbonyl (C=O) groups is 1. The molecule has 0 heterocycles. The molecular formula is C16H27N3O. The summed E-state index contributed by atoms with van der Waals surface area (Å²) in [4.78, 5) is 14.2. The van der Waals surface area contributed by atoms with Gasteiger partial charge in [0.15, 0.2) is 0 Å². The van der Waals surface area contributed by atoms with Crippen LogP contribution in [0.1, 0.15) is 25.8 Å². The minimum absolute atomic E-state index is 0.0338. The average Bonchev–Trinajstić information content (AvgIpc) is 2.38. The van der Waals surface area contributed by atoms with Crippen molar-refractivity contribution in [3.63, 3.8) is 0 Å². The van der Waals surface area contributed by atoms with Crippen molar-refractivity contribution in [2.45, 2.75) is 27.2 Å². The number of rotatable bonds is 8. The van der Waals surface area contributed by atoms with Gasteiger partial charge in [0.05, 0.1) is 6.54 Å². The number of nitrogens with one attached hydrogen (secondary N) is 1. The Labute approximate surface area is 122 Å². The van der Waals surface area contributed by atoms with Crippen LogP contribution in [0, 0.1) is 12.8 Å². The first-order valence-electron chi connectivity index (χ1n) is 7.30. The Morgan fingerprint density at radius 2 is 1.95 bits per heavy atom. The molecule has 0 aromatic heterocycles. The van der Waals surface area contributed by atoms with E-state index in [1.54, 1.807) is 0 Å². The molecule has 1 aromatic carbocycles. The van der Waals surface area contributed by atoms with Crippen LogP contribution in [0.15, 0.2) is 24.3 Å². The van der Waals surface area contributed by atoms with Gasteiger partial charge in [-0.25, -0.2) is 0 Å². The largest absolute Gasteiger partial charge is 0.330 e. The second-order valence-electron chi connectivity index (χ2n) is 5.69. The van der Waals surface area contributed by atoms with Gasteiger partial charge >= 0.3 is 0 Å². The summed E-state index contributed by atoms with van der Waals surface area (Å²) in [7, 11) is 0. The van der Waals surface area contributed by atoms with E-state index in [9.17, 15) is 4.79 Å². The first-order chi connectivity index (χ1) is 9.51. The van der Waals surface area contributed by atoms with Crippen LogP contribution in [-0.2, 0) is 4.79 Å². The summed E-state index contributed by atoms with van der Waals surface area (Å²) in [6.07, 6.45) is 0.921. The molecule has 0 aliphatic heterocycles. The van der Waals surface area contributed by atoms with E-state index in [2.05, 4.69) is 24.1 Å². The summed E-state index contributed by atoms with van der Waals surface area (Å²) >= 11 is 0. The highest BCUT2D eigenvalue weighted by atomic mass is 16.2. The molecule has 4 heteroatoms. The van der Waals surface area contributed by atoms with Crippen LogP contribution in [0.3, 0.4) is 0 Å². The molecule has 20 heavy (non-hydrogen) atoms. The van der Waals surface area contributed by atoms with Crippen LogP contribution in [0.4, 0.5) is 5.69 Å². The Morgan fingerprint density at radius 1 is 1.30 bits per heavy atom. The monoisotopic (exact) mass is 277 g/mol. The molecule has 1 rings (SSSR count). The molecular weight excluding hydrogens is 250 g/mol. The second kappa shape index (κ2) is 8.72. The highest BCUT2D eigenvalue weighted by Gasteiger charge is 2.12. The van der Waals surface area contributed by atoms with Crippen molar-refractivity contribution in [3.8, 4) is 0 Å². The van der Waals surface area contributed by atoms with E-state index in [1.165, 1.54) is 5.56 Å². The third-order valence-electron chi connectivity index (χ3n) is 3.00. The summed E-state index contributed by atoms with van der Waals surface area (Å²) in [5.74, 6) is 0.575. The number of amides is 1. The molecule has 0 spiro atoms. The van der Waals surface area contributed by atoms with Gasteiger partial charge < -0.3 is 11.1 Å². The van der Waals surface area contributed by atoms with Gasteiger partial charge in [-0.3, -0.25) is 9.69 Å². The minimum Gasteiger partial charge on any atom is -0.330 e. The molecule has 112 valence electrons. The fourth-order valence-electron chi connectivity index (χ4n) is 2.11. The normalized spacial score (nSPS) is 11.1. The molecule has 0 fully saturated rings. The fraction of sp³-hybridized carbons (Fsp3) is 0.562. The molecule has 0 saturated carbocycles. The van der Waals surface area contributed by atoms with Crippen molar-refractivity contribution >= 4 is 11.6 Å². The van der Waals surface area contributed by atoms with Crippen LogP contribution in [-0.4, -0.2) is 37.0 Å². The molecule has 4 nitrogen and oxygen atoms in total. The van der Waals surface area contributed by atoms with E-state index in [0.29, 0.717) is 19.0 Å². The number of anilines is 1. The minimum atomic E-state index is 0.0338. The first-order valence-corrected chi connectivity index (χ1v) is 7.30. The quantitative estimate of drug-likeness (QED) is 0.766. The Kier molecular flexibility index (Phi) is 7.26. The summed E-state index contributed by atoms with van der Waals surface area (Å²) < 4.78 is 0. The van der Waals surface area contributed by atoms with Gasteiger partial charge in [0, 0.05) is 12.2 Å². The van der Waals surface area contributed by atoms with Gasteiger partial charge in [0.2, 0.25) is 5.91 Å². The smallest absolute Gasteiger partial charge is 0.238 e. The summed E-state index contributed by atoms with van der Waals surface area (Å²) in [6.45, 7) is 9.22. The summed E-state index contributed by atoms with van der Waals surface area (Å²) in [5.41, 5.74) is 7.59. The predicted octanol–water partition coefficient (Wildman–Crippen LogP) is 2.24. The van der Waals surface area contributed by atoms with Crippen LogP contribution >= 0.6 is 0 Å². The number of nitrogens with two attached hydrogens (primary N) is 1. The van der Waals surface area contributed by atoms with E-state index in [-0.39, 0.29) is 5.91 Å². The van der Waals surface area contributed by atoms with Crippen molar-refractivity contribution < 1.29 is 4.79 Å². The molecule has 0 bridgehead atoms. The Balaban J connectivity index is 2.49. The van der Waals surface area contributed by atoms with Gasteiger partial charge in [0.1, 0.15) is 0 Å². The van der Waals surface area contributed by atoms with Crippen LogP contribution in [0.25, 0.3) is 0 Å². The average molecular weight is 277 g/mol. The van der Waals surface area contributed by atoms with E-state index >= 15 is 0 Å². The zero-order valence-corrected chi connectivity index (χ0v) is 12.9. The lowest BCUT2D eigenvalue weighted by Gasteiger charge is -2.23. The molecule has 0 aliphatic carbocycles.